The molecule has 2 aromatic rings. The number of rotatable bonds is 7. The maximum absolute atomic E-state index is 12.4. The van der Waals surface area contributed by atoms with Gasteiger partial charge in [0.15, 0.2) is 6.61 Å². The van der Waals surface area contributed by atoms with Crippen molar-refractivity contribution >= 4 is 23.5 Å². The Hall–Kier alpha value is -3.15. The smallest absolute Gasteiger partial charge is 0.316 e. The summed E-state index contributed by atoms with van der Waals surface area (Å²) in [4.78, 5) is 36.3. The first-order valence-electron chi connectivity index (χ1n) is 8.75. The Morgan fingerprint density at radius 1 is 1.00 bits per heavy atom. The Morgan fingerprint density at radius 3 is 2.37 bits per heavy atom. The number of nitrogens with one attached hydrogen (secondary N) is 2. The van der Waals surface area contributed by atoms with Crippen molar-refractivity contribution in [2.75, 3.05) is 18.5 Å². The van der Waals surface area contributed by atoms with Gasteiger partial charge in [0, 0.05) is 17.8 Å². The summed E-state index contributed by atoms with van der Waals surface area (Å²) in [5, 5.41) is 5.32. The predicted octanol–water partition coefficient (Wildman–Crippen LogP) is 2.90. The lowest BCUT2D eigenvalue weighted by atomic mass is 9.85. The molecule has 6 heteroatoms. The summed E-state index contributed by atoms with van der Waals surface area (Å²) < 4.78 is 5.18. The van der Waals surface area contributed by atoms with E-state index < -0.39 is 23.9 Å². The average molecular weight is 368 g/mol. The lowest BCUT2D eigenvalue weighted by molar-refractivity contribution is -0.152. The molecule has 0 aliphatic heterocycles. The third-order valence-electron chi connectivity index (χ3n) is 4.09. The zero-order chi connectivity index (χ0) is 19.9. The third kappa shape index (κ3) is 5.41. The standard InChI is InChI=1S/C21H24N2O4/c1-4-22-19(25)15-9-8-12-17(13-15)23-18(24)14-27-20(26)21(2,3)16-10-6-5-7-11-16/h5-13H,4,14H2,1-3H3,(H,22,25)(H,23,24). The largest absolute Gasteiger partial charge is 0.455 e. The predicted molar refractivity (Wildman–Crippen MR) is 104 cm³/mol. The molecular weight excluding hydrogens is 344 g/mol. The zero-order valence-corrected chi connectivity index (χ0v) is 15.7. The molecule has 0 heterocycles. The van der Waals surface area contributed by atoms with Gasteiger partial charge < -0.3 is 15.4 Å². The van der Waals surface area contributed by atoms with E-state index in [-0.39, 0.29) is 5.91 Å². The van der Waals surface area contributed by atoms with Crippen LogP contribution < -0.4 is 10.6 Å². The third-order valence-corrected chi connectivity index (χ3v) is 4.09. The minimum atomic E-state index is -0.861. The number of anilines is 1. The number of carbonyl (C=O) groups is 3. The Kier molecular flexibility index (Phi) is 6.71. The normalized spacial score (nSPS) is 10.8. The average Bonchev–Trinajstić information content (AvgIpc) is 2.67. The van der Waals surface area contributed by atoms with Crippen LogP contribution in [-0.4, -0.2) is 30.9 Å². The van der Waals surface area contributed by atoms with Crippen LogP contribution in [0.1, 0.15) is 36.7 Å². The maximum Gasteiger partial charge on any atom is 0.316 e. The van der Waals surface area contributed by atoms with Gasteiger partial charge in [-0.05, 0) is 44.5 Å². The van der Waals surface area contributed by atoms with Gasteiger partial charge in [0.25, 0.3) is 11.8 Å². The molecule has 2 rings (SSSR count). The van der Waals surface area contributed by atoms with Crippen molar-refractivity contribution in [1.29, 1.82) is 0 Å². The molecular formula is C21H24N2O4. The lowest BCUT2D eigenvalue weighted by Gasteiger charge is -2.22. The van der Waals surface area contributed by atoms with Crippen molar-refractivity contribution in [3.8, 4) is 0 Å². The second kappa shape index (κ2) is 8.98. The summed E-state index contributed by atoms with van der Waals surface area (Å²) in [6.07, 6.45) is 0. The molecule has 2 N–H and O–H groups in total. The van der Waals surface area contributed by atoms with Gasteiger partial charge in [-0.25, -0.2) is 0 Å². The molecule has 0 radical (unpaired) electrons. The molecule has 0 fully saturated rings. The molecule has 27 heavy (non-hydrogen) atoms. The molecule has 0 aromatic heterocycles. The topological polar surface area (TPSA) is 84.5 Å². The van der Waals surface area contributed by atoms with Crippen molar-refractivity contribution in [3.63, 3.8) is 0 Å². The Morgan fingerprint density at radius 2 is 1.70 bits per heavy atom. The van der Waals surface area contributed by atoms with Crippen LogP contribution in [0.15, 0.2) is 54.6 Å². The summed E-state index contributed by atoms with van der Waals surface area (Å²) in [6, 6.07) is 15.8. The van der Waals surface area contributed by atoms with Crippen LogP contribution in [0.25, 0.3) is 0 Å². The number of ether oxygens (including phenoxy) is 1. The van der Waals surface area contributed by atoms with E-state index in [0.717, 1.165) is 5.56 Å². The second-order valence-electron chi connectivity index (χ2n) is 6.56. The van der Waals surface area contributed by atoms with Crippen molar-refractivity contribution < 1.29 is 19.1 Å². The second-order valence-corrected chi connectivity index (χ2v) is 6.56. The van der Waals surface area contributed by atoms with Crippen molar-refractivity contribution in [3.05, 3.63) is 65.7 Å². The highest BCUT2D eigenvalue weighted by Crippen LogP contribution is 2.24. The van der Waals surface area contributed by atoms with Gasteiger partial charge in [-0.3, -0.25) is 14.4 Å². The SMILES string of the molecule is CCNC(=O)c1cccc(NC(=O)COC(=O)C(C)(C)c2ccccc2)c1. The molecule has 0 bridgehead atoms. The fraction of sp³-hybridized carbons (Fsp3) is 0.286. The minimum Gasteiger partial charge on any atom is -0.455 e. The van der Waals surface area contributed by atoms with Gasteiger partial charge in [0.2, 0.25) is 0 Å². The molecule has 0 atom stereocenters. The Bertz CT molecular complexity index is 816. The first-order chi connectivity index (χ1) is 12.8. The van der Waals surface area contributed by atoms with Gasteiger partial charge in [-0.15, -0.1) is 0 Å². The molecule has 2 amide bonds. The van der Waals surface area contributed by atoms with E-state index in [0.29, 0.717) is 17.8 Å². The van der Waals surface area contributed by atoms with Crippen LogP contribution in [-0.2, 0) is 19.7 Å². The van der Waals surface area contributed by atoms with E-state index in [9.17, 15) is 14.4 Å². The molecule has 2 aromatic carbocycles. The van der Waals surface area contributed by atoms with Gasteiger partial charge in [-0.2, -0.15) is 0 Å². The fourth-order valence-electron chi connectivity index (χ4n) is 2.48. The van der Waals surface area contributed by atoms with Crippen LogP contribution in [0.5, 0.6) is 0 Å². The Labute approximate surface area is 158 Å². The summed E-state index contributed by atoms with van der Waals surface area (Å²) in [7, 11) is 0. The molecule has 0 unspecified atom stereocenters. The summed E-state index contributed by atoms with van der Waals surface area (Å²) in [5.74, 6) is -1.18. The molecule has 142 valence electrons. The van der Waals surface area contributed by atoms with E-state index >= 15 is 0 Å². The van der Waals surface area contributed by atoms with E-state index in [1.807, 2.05) is 37.3 Å². The first kappa shape index (κ1) is 20.2. The molecule has 0 spiro atoms. The highest BCUT2D eigenvalue weighted by atomic mass is 16.5. The lowest BCUT2D eigenvalue weighted by Crippen LogP contribution is -2.33. The molecule has 0 saturated heterocycles. The highest BCUT2D eigenvalue weighted by Gasteiger charge is 2.31. The number of hydrogen-bond donors (Lipinski definition) is 2. The summed E-state index contributed by atoms with van der Waals surface area (Å²) >= 11 is 0. The Balaban J connectivity index is 1.94. The maximum atomic E-state index is 12.4. The van der Waals surface area contributed by atoms with Crippen molar-refractivity contribution in [2.24, 2.45) is 0 Å². The molecule has 0 saturated carbocycles. The van der Waals surface area contributed by atoms with Gasteiger partial charge in [-0.1, -0.05) is 36.4 Å². The van der Waals surface area contributed by atoms with Crippen LogP contribution in [0.4, 0.5) is 5.69 Å². The van der Waals surface area contributed by atoms with Crippen molar-refractivity contribution in [1.82, 2.24) is 5.32 Å². The van der Waals surface area contributed by atoms with Gasteiger partial charge in [0.1, 0.15) is 0 Å². The molecule has 0 aliphatic carbocycles. The number of benzene rings is 2. The van der Waals surface area contributed by atoms with Crippen molar-refractivity contribution in [2.45, 2.75) is 26.2 Å². The number of carbonyl (C=O) groups excluding carboxylic acids is 3. The van der Waals surface area contributed by atoms with Crippen LogP contribution in [0.3, 0.4) is 0 Å². The van der Waals surface area contributed by atoms with E-state index in [4.69, 9.17) is 4.74 Å². The molecule has 6 nitrogen and oxygen atoms in total. The van der Waals surface area contributed by atoms with E-state index in [1.54, 1.807) is 38.1 Å². The minimum absolute atomic E-state index is 0.218. The monoisotopic (exact) mass is 368 g/mol. The van der Waals surface area contributed by atoms with Crippen LogP contribution in [0.2, 0.25) is 0 Å². The number of esters is 1. The van der Waals surface area contributed by atoms with Gasteiger partial charge >= 0.3 is 5.97 Å². The number of amides is 2. The van der Waals surface area contributed by atoms with Gasteiger partial charge in [0.05, 0.1) is 5.41 Å². The quantitative estimate of drug-likeness (QED) is 0.736. The van der Waals surface area contributed by atoms with E-state index in [1.165, 1.54) is 0 Å². The highest BCUT2D eigenvalue weighted by molar-refractivity contribution is 5.98. The summed E-state index contributed by atoms with van der Waals surface area (Å²) in [5.41, 5.74) is 0.851. The first-order valence-corrected chi connectivity index (χ1v) is 8.75. The zero-order valence-electron chi connectivity index (χ0n) is 15.7. The van der Waals surface area contributed by atoms with E-state index in [2.05, 4.69) is 10.6 Å². The fourth-order valence-corrected chi connectivity index (χ4v) is 2.48. The summed E-state index contributed by atoms with van der Waals surface area (Å²) in [6.45, 7) is 5.44. The molecule has 0 aliphatic rings. The van der Waals surface area contributed by atoms with Crippen LogP contribution in [0, 0.1) is 0 Å². The van der Waals surface area contributed by atoms with Crippen LogP contribution >= 0.6 is 0 Å². The number of hydrogen-bond acceptors (Lipinski definition) is 4.